The van der Waals surface area contributed by atoms with Gasteiger partial charge in [0, 0.05) is 18.6 Å². The number of benzene rings is 2. The molecule has 2 N–H and O–H groups in total. The highest BCUT2D eigenvalue weighted by atomic mass is 32.2. The first-order valence-electron chi connectivity index (χ1n) is 10.7. The Morgan fingerprint density at radius 1 is 1.17 bits per heavy atom. The van der Waals surface area contributed by atoms with Crippen molar-refractivity contribution in [3.05, 3.63) is 70.3 Å². The van der Waals surface area contributed by atoms with E-state index in [1.54, 1.807) is 44.2 Å². The van der Waals surface area contributed by atoms with Crippen molar-refractivity contribution in [3.8, 4) is 5.75 Å². The first-order chi connectivity index (χ1) is 16.5. The number of rotatable bonds is 8. The molecule has 0 aliphatic carbocycles. The minimum atomic E-state index is -1.79. The van der Waals surface area contributed by atoms with Crippen LogP contribution in [0.2, 0.25) is 0 Å². The van der Waals surface area contributed by atoms with Crippen LogP contribution in [-0.4, -0.2) is 65.2 Å². The van der Waals surface area contributed by atoms with Crippen molar-refractivity contribution in [3.63, 3.8) is 0 Å². The molecule has 2 fully saturated rings. The second-order valence-electron chi connectivity index (χ2n) is 8.82. The van der Waals surface area contributed by atoms with E-state index in [-0.39, 0.29) is 17.9 Å². The Labute approximate surface area is 202 Å². The lowest BCUT2D eigenvalue weighted by atomic mass is 9.76. The van der Waals surface area contributed by atoms with Crippen LogP contribution >= 0.6 is 0 Å². The normalized spacial score (nSPS) is 26.4. The first-order valence-corrected chi connectivity index (χ1v) is 11.9. The molecule has 0 radical (unpaired) electrons. The maximum absolute atomic E-state index is 13.4. The number of carbonyl (C=O) groups is 3. The van der Waals surface area contributed by atoms with Crippen molar-refractivity contribution in [2.75, 3.05) is 6.61 Å². The summed E-state index contributed by atoms with van der Waals surface area (Å²) < 4.78 is 17.4. The van der Waals surface area contributed by atoms with Crippen LogP contribution < -0.4 is 10.1 Å². The molecule has 11 nitrogen and oxygen atoms in total. The van der Waals surface area contributed by atoms with Gasteiger partial charge >= 0.3 is 5.97 Å². The fourth-order valence-electron chi connectivity index (χ4n) is 4.63. The Hall–Kier alpha value is -3.80. The van der Waals surface area contributed by atoms with Gasteiger partial charge in [0.15, 0.2) is 12.1 Å². The molecule has 4 atom stereocenters. The van der Waals surface area contributed by atoms with Crippen LogP contribution in [0.4, 0.5) is 5.69 Å². The monoisotopic (exact) mass is 501 g/mol. The van der Waals surface area contributed by atoms with E-state index >= 15 is 0 Å². The van der Waals surface area contributed by atoms with Crippen molar-refractivity contribution in [2.24, 2.45) is 0 Å². The summed E-state index contributed by atoms with van der Waals surface area (Å²) in [4.78, 5) is 49.5. The third-order valence-corrected chi connectivity index (χ3v) is 8.83. The number of carbonyl (C=O) groups excluding carboxylic acids is 2. The van der Waals surface area contributed by atoms with Crippen LogP contribution in [0.3, 0.4) is 0 Å². The minimum absolute atomic E-state index is 0.0337. The standard InChI is InChI=1S/C23H23N3O8S/c1-22(2)23(21(29)30,12-14-6-4-3-5-7-14)25-19(28)18(20(25)35(22)33)24-17(27)13-34-16-10-8-15(9-11-16)26(31)32/h3-11,18,20H,12-13H2,1-2H3,(H,24,27)(H,29,30)/t18?,20-,23?,35?/m1/s1. The first kappa shape index (κ1) is 24.3. The van der Waals surface area contributed by atoms with Crippen LogP contribution in [0, 0.1) is 10.1 Å². The number of non-ortho nitro benzene ring substituents is 1. The van der Waals surface area contributed by atoms with Crippen molar-refractivity contribution in [1.82, 2.24) is 10.2 Å². The number of hydrogen-bond donors (Lipinski definition) is 2. The molecule has 0 saturated carbocycles. The summed E-state index contributed by atoms with van der Waals surface area (Å²) in [5, 5.41) is 22.5. The maximum Gasteiger partial charge on any atom is 0.331 e. The molecule has 2 aliphatic heterocycles. The summed E-state index contributed by atoms with van der Waals surface area (Å²) in [5.41, 5.74) is -1.21. The van der Waals surface area contributed by atoms with E-state index in [4.69, 9.17) is 4.74 Å². The molecule has 0 spiro atoms. The zero-order chi connectivity index (χ0) is 25.5. The van der Waals surface area contributed by atoms with Gasteiger partial charge in [0.05, 0.1) is 20.5 Å². The number of carboxylic acids is 1. The van der Waals surface area contributed by atoms with Gasteiger partial charge in [-0.2, -0.15) is 0 Å². The van der Waals surface area contributed by atoms with Crippen molar-refractivity contribution >= 4 is 34.3 Å². The van der Waals surface area contributed by atoms with Gasteiger partial charge in [-0.3, -0.25) is 23.9 Å². The minimum Gasteiger partial charge on any atom is -0.484 e. The molecule has 2 aromatic rings. The number of β-lactam (4-membered cyclic amide) rings is 1. The Bertz CT molecular complexity index is 1220. The summed E-state index contributed by atoms with van der Waals surface area (Å²) in [6.07, 6.45) is -0.0337. The molecule has 35 heavy (non-hydrogen) atoms. The van der Waals surface area contributed by atoms with Crippen molar-refractivity contribution < 1.29 is 33.4 Å². The summed E-state index contributed by atoms with van der Waals surface area (Å²) in [5.74, 6) is -2.35. The van der Waals surface area contributed by atoms with Crippen molar-refractivity contribution in [1.29, 1.82) is 0 Å². The fourth-order valence-corrected chi connectivity index (χ4v) is 6.74. The number of nitro benzene ring substituents is 1. The predicted octanol–water partition coefficient (Wildman–Crippen LogP) is 1.23. The molecule has 2 amide bonds. The van der Waals surface area contributed by atoms with E-state index in [2.05, 4.69) is 5.32 Å². The molecule has 2 aliphatic rings. The van der Waals surface area contributed by atoms with Gasteiger partial charge in [-0.25, -0.2) is 4.79 Å². The number of fused-ring (bicyclic) bond motifs is 1. The van der Waals surface area contributed by atoms with Gasteiger partial charge in [0.2, 0.25) is 5.91 Å². The zero-order valence-corrected chi connectivity index (χ0v) is 19.7. The quantitative estimate of drug-likeness (QED) is 0.311. The number of amides is 2. The lowest BCUT2D eigenvalue weighted by Crippen LogP contribution is -2.76. The van der Waals surface area contributed by atoms with Crippen LogP contribution in [0.15, 0.2) is 54.6 Å². The number of hydrogen-bond acceptors (Lipinski definition) is 7. The van der Waals surface area contributed by atoms with Crippen LogP contribution in [0.1, 0.15) is 19.4 Å². The van der Waals surface area contributed by atoms with E-state index < -0.39 is 61.8 Å². The Balaban J connectivity index is 1.50. The number of aliphatic carboxylic acids is 1. The molecule has 4 rings (SSSR count). The molecular formula is C23H23N3O8S. The van der Waals surface area contributed by atoms with Crippen LogP contribution in [-0.2, 0) is 31.6 Å². The molecule has 0 aromatic heterocycles. The number of nitrogens with zero attached hydrogens (tertiary/aromatic N) is 2. The smallest absolute Gasteiger partial charge is 0.331 e. The van der Waals surface area contributed by atoms with E-state index in [0.717, 1.165) is 4.90 Å². The van der Waals surface area contributed by atoms with E-state index in [1.165, 1.54) is 24.3 Å². The number of nitrogens with one attached hydrogen (secondary N) is 1. The zero-order valence-electron chi connectivity index (χ0n) is 18.9. The SMILES string of the molecule is CC1(C)S(=O)[C@@H]2C(NC(=O)COc3ccc([N+](=O)[O-])cc3)C(=O)N2C1(Cc1ccccc1)C(=O)O. The van der Waals surface area contributed by atoms with E-state index in [0.29, 0.717) is 5.56 Å². The highest BCUT2D eigenvalue weighted by Crippen LogP contribution is 2.51. The van der Waals surface area contributed by atoms with Crippen LogP contribution in [0.25, 0.3) is 0 Å². The number of ether oxygens (including phenoxy) is 1. The van der Waals surface area contributed by atoms with E-state index in [1.807, 2.05) is 0 Å². The molecule has 3 unspecified atom stereocenters. The predicted molar refractivity (Wildman–Crippen MR) is 124 cm³/mol. The topological polar surface area (TPSA) is 156 Å². The Kier molecular flexibility index (Phi) is 6.09. The second-order valence-corrected chi connectivity index (χ2v) is 10.9. The summed E-state index contributed by atoms with van der Waals surface area (Å²) in [6, 6.07) is 12.8. The van der Waals surface area contributed by atoms with Gasteiger partial charge in [0.1, 0.15) is 17.2 Å². The molecule has 184 valence electrons. The maximum atomic E-state index is 13.4. The Morgan fingerprint density at radius 3 is 2.37 bits per heavy atom. The molecule has 0 bridgehead atoms. The molecule has 2 saturated heterocycles. The second kappa shape index (κ2) is 8.77. The highest BCUT2D eigenvalue weighted by molar-refractivity contribution is 7.87. The average molecular weight is 502 g/mol. The number of carboxylic acid groups (broad SMARTS) is 1. The molecule has 2 aromatic carbocycles. The summed E-state index contributed by atoms with van der Waals surface area (Å²) in [6.45, 7) is 2.63. The molecule has 12 heteroatoms. The van der Waals surface area contributed by atoms with Crippen molar-refractivity contribution in [2.45, 2.75) is 42.0 Å². The average Bonchev–Trinajstić information content (AvgIpc) is 2.98. The highest BCUT2D eigenvalue weighted by Gasteiger charge is 2.76. The molecular weight excluding hydrogens is 478 g/mol. The lowest BCUT2D eigenvalue weighted by molar-refractivity contribution is -0.384. The van der Waals surface area contributed by atoms with Crippen LogP contribution in [0.5, 0.6) is 5.75 Å². The Morgan fingerprint density at radius 2 is 1.80 bits per heavy atom. The lowest BCUT2D eigenvalue weighted by Gasteiger charge is -2.49. The van der Waals surface area contributed by atoms with Gasteiger partial charge in [-0.1, -0.05) is 30.3 Å². The third kappa shape index (κ3) is 3.83. The van der Waals surface area contributed by atoms with Gasteiger partial charge < -0.3 is 20.1 Å². The largest absolute Gasteiger partial charge is 0.484 e. The fraction of sp³-hybridized carbons (Fsp3) is 0.348. The number of nitro groups is 1. The third-order valence-electron chi connectivity index (χ3n) is 6.56. The summed E-state index contributed by atoms with van der Waals surface area (Å²) in [7, 11) is -1.79. The molecule has 2 heterocycles. The summed E-state index contributed by atoms with van der Waals surface area (Å²) >= 11 is 0. The van der Waals surface area contributed by atoms with E-state index in [9.17, 15) is 33.8 Å². The van der Waals surface area contributed by atoms with Gasteiger partial charge in [-0.05, 0) is 31.5 Å². The van der Waals surface area contributed by atoms with Gasteiger partial charge in [-0.15, -0.1) is 0 Å². The van der Waals surface area contributed by atoms with Gasteiger partial charge in [0.25, 0.3) is 11.6 Å².